The number of carboxylic acids is 1. The Bertz CT molecular complexity index is 563. The molecule has 1 heterocycles. The first-order valence-electron chi connectivity index (χ1n) is 7.44. The zero-order chi connectivity index (χ0) is 14.9. The van der Waals surface area contributed by atoms with Crippen LogP contribution in [0.15, 0.2) is 24.3 Å². The number of rotatable bonds is 2. The molecule has 2 aliphatic rings. The van der Waals surface area contributed by atoms with Gasteiger partial charge >= 0.3 is 12.1 Å². The van der Waals surface area contributed by atoms with Crippen LogP contribution >= 0.6 is 0 Å². The topological polar surface area (TPSA) is 66.8 Å². The van der Waals surface area contributed by atoms with Crippen LogP contribution in [0.25, 0.3) is 0 Å². The number of aromatic carboxylic acids is 1. The Morgan fingerprint density at radius 2 is 1.95 bits per heavy atom. The average Bonchev–Trinajstić information content (AvgIpc) is 2.48. The van der Waals surface area contributed by atoms with Crippen molar-refractivity contribution in [2.45, 2.75) is 44.1 Å². The van der Waals surface area contributed by atoms with E-state index in [1.165, 1.54) is 23.5 Å². The van der Waals surface area contributed by atoms with Gasteiger partial charge in [-0.1, -0.05) is 12.5 Å². The molecule has 1 aliphatic carbocycles. The van der Waals surface area contributed by atoms with E-state index in [4.69, 9.17) is 9.84 Å². The van der Waals surface area contributed by atoms with Crippen molar-refractivity contribution in [3.8, 4) is 0 Å². The molecule has 1 amide bonds. The van der Waals surface area contributed by atoms with Crippen LogP contribution in [-0.4, -0.2) is 29.3 Å². The van der Waals surface area contributed by atoms with Crippen molar-refractivity contribution in [3.05, 3.63) is 29.8 Å². The van der Waals surface area contributed by atoms with E-state index in [2.05, 4.69) is 0 Å². The Labute approximate surface area is 123 Å². The number of hydrogen-bond acceptors (Lipinski definition) is 3. The molecule has 0 unspecified atom stereocenters. The summed E-state index contributed by atoms with van der Waals surface area (Å²) < 4.78 is 5.72. The van der Waals surface area contributed by atoms with Crippen molar-refractivity contribution in [2.24, 2.45) is 0 Å². The minimum absolute atomic E-state index is 0.179. The van der Waals surface area contributed by atoms with E-state index in [1.54, 1.807) is 12.1 Å². The van der Waals surface area contributed by atoms with Crippen LogP contribution in [0.4, 0.5) is 10.5 Å². The van der Waals surface area contributed by atoms with Crippen LogP contribution in [0.1, 0.15) is 48.9 Å². The molecule has 0 bridgehead atoms. The normalized spacial score (nSPS) is 21.1. The Kier molecular flexibility index (Phi) is 3.57. The van der Waals surface area contributed by atoms with Gasteiger partial charge in [-0.15, -0.1) is 0 Å². The Balaban J connectivity index is 1.77. The fourth-order valence-electron chi connectivity index (χ4n) is 3.29. The van der Waals surface area contributed by atoms with Gasteiger partial charge in [0.2, 0.25) is 0 Å². The third-order valence-corrected chi connectivity index (χ3v) is 4.48. The second-order valence-corrected chi connectivity index (χ2v) is 5.87. The summed E-state index contributed by atoms with van der Waals surface area (Å²) in [5.74, 6) is -0.994. The monoisotopic (exact) mass is 289 g/mol. The quantitative estimate of drug-likeness (QED) is 0.905. The molecule has 5 heteroatoms. The minimum atomic E-state index is -0.994. The van der Waals surface area contributed by atoms with Crippen LogP contribution in [0.5, 0.6) is 0 Å². The maximum Gasteiger partial charge on any atom is 0.414 e. The summed E-state index contributed by atoms with van der Waals surface area (Å²) in [6.45, 7) is 0.585. The average molecular weight is 289 g/mol. The SMILES string of the molecule is O=C(O)c1cccc(N2CCC3(CCCCC3)OC2=O)c1. The first kappa shape index (κ1) is 13.9. The molecule has 112 valence electrons. The lowest BCUT2D eigenvalue weighted by molar-refractivity contribution is -0.0309. The molecular weight excluding hydrogens is 270 g/mol. The molecular formula is C16H19NO4. The number of amides is 1. The third-order valence-electron chi connectivity index (χ3n) is 4.48. The predicted octanol–water partition coefficient (Wildman–Crippen LogP) is 3.43. The molecule has 1 saturated heterocycles. The van der Waals surface area contributed by atoms with Crippen molar-refractivity contribution in [3.63, 3.8) is 0 Å². The highest BCUT2D eigenvalue weighted by atomic mass is 16.6. The highest BCUT2D eigenvalue weighted by Crippen LogP contribution is 2.38. The molecule has 0 radical (unpaired) electrons. The first-order chi connectivity index (χ1) is 10.1. The lowest BCUT2D eigenvalue weighted by Crippen LogP contribution is -2.50. The van der Waals surface area contributed by atoms with E-state index in [-0.39, 0.29) is 17.3 Å². The van der Waals surface area contributed by atoms with Gasteiger partial charge in [-0.05, 0) is 43.9 Å². The number of benzene rings is 1. The van der Waals surface area contributed by atoms with Crippen LogP contribution < -0.4 is 4.90 Å². The maximum absolute atomic E-state index is 12.3. The zero-order valence-electron chi connectivity index (χ0n) is 11.9. The summed E-state index contributed by atoms with van der Waals surface area (Å²) in [5.41, 5.74) is 0.486. The molecule has 1 saturated carbocycles. The second-order valence-electron chi connectivity index (χ2n) is 5.87. The van der Waals surface area contributed by atoms with Gasteiger partial charge in [0.25, 0.3) is 0 Å². The van der Waals surface area contributed by atoms with Crippen molar-refractivity contribution in [1.29, 1.82) is 0 Å². The molecule has 21 heavy (non-hydrogen) atoms. The van der Waals surface area contributed by atoms with Crippen LogP contribution in [0.3, 0.4) is 0 Å². The number of nitrogens with zero attached hydrogens (tertiary/aromatic N) is 1. The van der Waals surface area contributed by atoms with Gasteiger partial charge < -0.3 is 9.84 Å². The van der Waals surface area contributed by atoms with Crippen LogP contribution in [0.2, 0.25) is 0 Å². The molecule has 1 aromatic carbocycles. The molecule has 0 atom stereocenters. The molecule has 1 aliphatic heterocycles. The van der Waals surface area contributed by atoms with E-state index in [0.717, 1.165) is 32.1 Å². The number of carbonyl (C=O) groups is 2. The summed E-state index contributed by atoms with van der Waals surface area (Å²) in [6, 6.07) is 6.43. The fourth-order valence-corrected chi connectivity index (χ4v) is 3.29. The van der Waals surface area contributed by atoms with Gasteiger partial charge in [0, 0.05) is 18.7 Å². The first-order valence-corrected chi connectivity index (χ1v) is 7.44. The molecule has 2 fully saturated rings. The van der Waals surface area contributed by atoms with E-state index >= 15 is 0 Å². The summed E-state index contributed by atoms with van der Waals surface area (Å²) in [4.78, 5) is 24.9. The fraction of sp³-hybridized carbons (Fsp3) is 0.500. The van der Waals surface area contributed by atoms with E-state index in [0.29, 0.717) is 12.2 Å². The summed E-state index contributed by atoms with van der Waals surface area (Å²) >= 11 is 0. The van der Waals surface area contributed by atoms with Crippen molar-refractivity contribution >= 4 is 17.7 Å². The molecule has 3 rings (SSSR count). The van der Waals surface area contributed by atoms with E-state index in [1.807, 2.05) is 0 Å². The Morgan fingerprint density at radius 3 is 2.62 bits per heavy atom. The number of hydrogen-bond donors (Lipinski definition) is 1. The lowest BCUT2D eigenvalue weighted by atomic mass is 9.81. The number of anilines is 1. The van der Waals surface area contributed by atoms with Crippen molar-refractivity contribution in [1.82, 2.24) is 0 Å². The minimum Gasteiger partial charge on any atom is -0.478 e. The van der Waals surface area contributed by atoms with Gasteiger partial charge in [0.05, 0.1) is 5.56 Å². The van der Waals surface area contributed by atoms with Gasteiger partial charge in [0.15, 0.2) is 0 Å². The lowest BCUT2D eigenvalue weighted by Gasteiger charge is -2.43. The highest BCUT2D eigenvalue weighted by Gasteiger charge is 2.41. The van der Waals surface area contributed by atoms with Gasteiger partial charge in [0.1, 0.15) is 5.60 Å². The van der Waals surface area contributed by atoms with Gasteiger partial charge in [-0.25, -0.2) is 9.59 Å². The molecule has 0 aromatic heterocycles. The van der Waals surface area contributed by atoms with Gasteiger partial charge in [-0.3, -0.25) is 4.90 Å². The Morgan fingerprint density at radius 1 is 1.19 bits per heavy atom. The van der Waals surface area contributed by atoms with E-state index in [9.17, 15) is 9.59 Å². The van der Waals surface area contributed by atoms with Crippen LogP contribution in [0, 0.1) is 0 Å². The standard InChI is InChI=1S/C16H19NO4/c18-14(19)12-5-4-6-13(11-12)17-10-9-16(21-15(17)20)7-2-1-3-8-16/h4-6,11H,1-3,7-10H2,(H,18,19). The number of carboxylic acid groups (broad SMARTS) is 1. The van der Waals surface area contributed by atoms with Gasteiger partial charge in [-0.2, -0.15) is 0 Å². The van der Waals surface area contributed by atoms with Crippen molar-refractivity contribution in [2.75, 3.05) is 11.4 Å². The van der Waals surface area contributed by atoms with Crippen LogP contribution in [-0.2, 0) is 4.74 Å². The summed E-state index contributed by atoms with van der Waals surface area (Å²) in [7, 11) is 0. The number of ether oxygens (including phenoxy) is 1. The Hall–Kier alpha value is -2.04. The number of carbonyl (C=O) groups excluding carboxylic acids is 1. The summed E-state index contributed by atoms with van der Waals surface area (Å²) in [5, 5.41) is 9.04. The maximum atomic E-state index is 12.3. The molecule has 1 N–H and O–H groups in total. The highest BCUT2D eigenvalue weighted by molar-refractivity contribution is 5.93. The smallest absolute Gasteiger partial charge is 0.414 e. The molecule has 1 spiro atoms. The predicted molar refractivity (Wildman–Crippen MR) is 77.7 cm³/mol. The molecule has 5 nitrogen and oxygen atoms in total. The summed E-state index contributed by atoms with van der Waals surface area (Å²) in [6.07, 6.45) is 5.79. The third kappa shape index (κ3) is 2.73. The largest absolute Gasteiger partial charge is 0.478 e. The van der Waals surface area contributed by atoms with Crippen molar-refractivity contribution < 1.29 is 19.4 Å². The zero-order valence-corrected chi connectivity index (χ0v) is 11.9. The molecule has 1 aromatic rings. The van der Waals surface area contributed by atoms with E-state index < -0.39 is 5.97 Å². The second kappa shape index (κ2) is 5.39.